The van der Waals surface area contributed by atoms with E-state index in [-0.39, 0.29) is 5.91 Å². The Morgan fingerprint density at radius 3 is 2.28 bits per heavy atom. The van der Waals surface area contributed by atoms with Crippen LogP contribution < -0.4 is 5.73 Å². The smallest absolute Gasteiger partial charge is 0.254 e. The molecule has 2 N–H and O–H groups in total. The van der Waals surface area contributed by atoms with Crippen molar-refractivity contribution in [3.05, 3.63) is 35.4 Å². The molecule has 0 spiro atoms. The van der Waals surface area contributed by atoms with Crippen molar-refractivity contribution in [3.63, 3.8) is 0 Å². The molecule has 3 nitrogen and oxygen atoms in total. The van der Waals surface area contributed by atoms with Crippen LogP contribution in [0.3, 0.4) is 0 Å². The molecular weight excluding hydrogens is 224 g/mol. The number of piperidine rings is 1. The number of hydrogen-bond donors (Lipinski definition) is 1. The van der Waals surface area contributed by atoms with Crippen LogP contribution in [0.15, 0.2) is 24.3 Å². The molecule has 0 saturated carbocycles. The van der Waals surface area contributed by atoms with E-state index in [1.165, 1.54) is 6.42 Å². The zero-order valence-corrected chi connectivity index (χ0v) is 11.2. The first-order valence-electron chi connectivity index (χ1n) is 6.75. The Labute approximate surface area is 109 Å². The molecule has 0 unspecified atom stereocenters. The van der Waals surface area contributed by atoms with Gasteiger partial charge in [0.15, 0.2) is 0 Å². The maximum Gasteiger partial charge on any atom is 0.254 e. The Kier molecular flexibility index (Phi) is 4.02. The molecule has 0 aromatic heterocycles. The van der Waals surface area contributed by atoms with Crippen molar-refractivity contribution in [2.45, 2.75) is 51.7 Å². The number of carbonyl (C=O) groups excluding carboxylic acids is 1. The summed E-state index contributed by atoms with van der Waals surface area (Å²) in [5.74, 6) is 0.151. The van der Waals surface area contributed by atoms with Crippen molar-refractivity contribution in [1.82, 2.24) is 4.90 Å². The first-order chi connectivity index (χ1) is 8.63. The molecule has 2 rings (SSSR count). The van der Waals surface area contributed by atoms with E-state index in [2.05, 4.69) is 13.8 Å². The van der Waals surface area contributed by atoms with E-state index < -0.39 is 0 Å². The van der Waals surface area contributed by atoms with E-state index in [0.29, 0.717) is 18.6 Å². The Balaban J connectivity index is 2.18. The Bertz CT molecular complexity index is 403. The third-order valence-electron chi connectivity index (χ3n) is 3.86. The molecule has 18 heavy (non-hydrogen) atoms. The van der Waals surface area contributed by atoms with E-state index in [9.17, 15) is 4.79 Å². The fourth-order valence-electron chi connectivity index (χ4n) is 2.75. The largest absolute Gasteiger partial charge is 0.333 e. The van der Waals surface area contributed by atoms with Crippen LogP contribution in [0.25, 0.3) is 0 Å². The molecule has 0 aliphatic carbocycles. The molecular formula is C15H22N2O. The summed E-state index contributed by atoms with van der Waals surface area (Å²) in [5.41, 5.74) is 7.40. The molecule has 1 aliphatic heterocycles. The molecule has 3 heteroatoms. The molecule has 1 fully saturated rings. The molecule has 1 heterocycles. The van der Waals surface area contributed by atoms with Gasteiger partial charge in [0, 0.05) is 24.2 Å². The highest BCUT2D eigenvalue weighted by Crippen LogP contribution is 2.24. The van der Waals surface area contributed by atoms with Gasteiger partial charge in [-0.3, -0.25) is 4.79 Å². The topological polar surface area (TPSA) is 46.3 Å². The van der Waals surface area contributed by atoms with Gasteiger partial charge in [0.05, 0.1) is 0 Å². The minimum absolute atomic E-state index is 0.151. The molecule has 0 radical (unpaired) electrons. The molecule has 98 valence electrons. The van der Waals surface area contributed by atoms with Crippen molar-refractivity contribution >= 4 is 5.91 Å². The molecule has 1 saturated heterocycles. The molecule has 2 atom stereocenters. The average Bonchev–Trinajstić information content (AvgIpc) is 2.38. The second kappa shape index (κ2) is 5.53. The van der Waals surface area contributed by atoms with Crippen LogP contribution in [0.1, 0.15) is 49.0 Å². The van der Waals surface area contributed by atoms with Crippen LogP contribution in [0.5, 0.6) is 0 Å². The van der Waals surface area contributed by atoms with Gasteiger partial charge in [-0.1, -0.05) is 12.1 Å². The van der Waals surface area contributed by atoms with Crippen molar-refractivity contribution in [3.8, 4) is 0 Å². The predicted molar refractivity (Wildman–Crippen MR) is 73.3 cm³/mol. The summed E-state index contributed by atoms with van der Waals surface area (Å²) in [6, 6.07) is 8.33. The zero-order chi connectivity index (χ0) is 13.1. The second-order valence-electron chi connectivity index (χ2n) is 5.24. The van der Waals surface area contributed by atoms with Crippen LogP contribution >= 0.6 is 0 Å². The van der Waals surface area contributed by atoms with Crippen LogP contribution in [0.4, 0.5) is 0 Å². The lowest BCUT2D eigenvalue weighted by Gasteiger charge is -2.39. The number of amides is 1. The van der Waals surface area contributed by atoms with Gasteiger partial charge in [0.2, 0.25) is 0 Å². The highest BCUT2D eigenvalue weighted by atomic mass is 16.2. The summed E-state index contributed by atoms with van der Waals surface area (Å²) in [6.45, 7) is 4.80. The number of nitrogens with two attached hydrogens (primary N) is 1. The van der Waals surface area contributed by atoms with Gasteiger partial charge >= 0.3 is 0 Å². The summed E-state index contributed by atoms with van der Waals surface area (Å²) in [7, 11) is 0. The summed E-state index contributed by atoms with van der Waals surface area (Å²) < 4.78 is 0. The van der Waals surface area contributed by atoms with Gasteiger partial charge in [-0.25, -0.2) is 0 Å². The number of likely N-dealkylation sites (tertiary alicyclic amines) is 1. The van der Waals surface area contributed by atoms with Gasteiger partial charge in [-0.05, 0) is 50.8 Å². The molecule has 0 bridgehead atoms. The van der Waals surface area contributed by atoms with E-state index >= 15 is 0 Å². The number of hydrogen-bond acceptors (Lipinski definition) is 2. The van der Waals surface area contributed by atoms with Gasteiger partial charge in [0.1, 0.15) is 0 Å². The summed E-state index contributed by atoms with van der Waals surface area (Å²) >= 11 is 0. The quantitative estimate of drug-likeness (QED) is 0.871. The third-order valence-corrected chi connectivity index (χ3v) is 3.86. The Hall–Kier alpha value is -1.35. The number of rotatable bonds is 2. The maximum absolute atomic E-state index is 12.5. The summed E-state index contributed by atoms with van der Waals surface area (Å²) in [4.78, 5) is 14.5. The lowest BCUT2D eigenvalue weighted by molar-refractivity contribution is 0.0511. The van der Waals surface area contributed by atoms with E-state index in [1.807, 2.05) is 29.2 Å². The summed E-state index contributed by atoms with van der Waals surface area (Å²) in [5, 5.41) is 0. The normalized spacial score (nSPS) is 24.1. The number of benzene rings is 1. The average molecular weight is 246 g/mol. The van der Waals surface area contributed by atoms with Crippen molar-refractivity contribution in [1.29, 1.82) is 0 Å². The minimum Gasteiger partial charge on any atom is -0.333 e. The highest BCUT2D eigenvalue weighted by molar-refractivity contribution is 5.94. The standard InChI is InChI=1S/C15H22N2O/c1-11-4-3-5-12(2)17(11)15(18)14-8-6-13(10-16)7-9-14/h6-9,11-12H,3-5,10,16H2,1-2H3/t11-,12+. The number of nitrogens with zero attached hydrogens (tertiary/aromatic N) is 1. The van der Waals surface area contributed by atoms with E-state index in [0.717, 1.165) is 24.0 Å². The van der Waals surface area contributed by atoms with Crippen molar-refractivity contribution in [2.24, 2.45) is 5.73 Å². The predicted octanol–water partition coefficient (Wildman–Crippen LogP) is 2.55. The van der Waals surface area contributed by atoms with Crippen LogP contribution in [0, 0.1) is 0 Å². The van der Waals surface area contributed by atoms with E-state index in [4.69, 9.17) is 5.73 Å². The zero-order valence-electron chi connectivity index (χ0n) is 11.2. The second-order valence-corrected chi connectivity index (χ2v) is 5.24. The minimum atomic E-state index is 0.151. The lowest BCUT2D eigenvalue weighted by atomic mass is 9.96. The first-order valence-corrected chi connectivity index (χ1v) is 6.75. The molecule has 1 aromatic rings. The monoisotopic (exact) mass is 246 g/mol. The first kappa shape index (κ1) is 13.1. The van der Waals surface area contributed by atoms with Gasteiger partial charge in [-0.2, -0.15) is 0 Å². The lowest BCUT2D eigenvalue weighted by Crippen LogP contribution is -2.47. The molecule has 1 aromatic carbocycles. The fraction of sp³-hybridized carbons (Fsp3) is 0.533. The van der Waals surface area contributed by atoms with Gasteiger partial charge < -0.3 is 10.6 Å². The van der Waals surface area contributed by atoms with Crippen LogP contribution in [0.2, 0.25) is 0 Å². The fourth-order valence-corrected chi connectivity index (χ4v) is 2.75. The molecule has 1 aliphatic rings. The molecule has 1 amide bonds. The summed E-state index contributed by atoms with van der Waals surface area (Å²) in [6.07, 6.45) is 3.44. The van der Waals surface area contributed by atoms with Crippen LogP contribution in [-0.2, 0) is 6.54 Å². The SMILES string of the molecule is C[C@@H]1CCC[C@H](C)N1C(=O)c1ccc(CN)cc1. The Morgan fingerprint density at radius 2 is 1.78 bits per heavy atom. The third kappa shape index (κ3) is 2.56. The number of carbonyl (C=O) groups is 1. The maximum atomic E-state index is 12.5. The van der Waals surface area contributed by atoms with E-state index in [1.54, 1.807) is 0 Å². The van der Waals surface area contributed by atoms with Gasteiger partial charge in [0.25, 0.3) is 5.91 Å². The van der Waals surface area contributed by atoms with Crippen molar-refractivity contribution < 1.29 is 4.79 Å². The van der Waals surface area contributed by atoms with Crippen LogP contribution in [-0.4, -0.2) is 22.9 Å². The highest BCUT2D eigenvalue weighted by Gasteiger charge is 2.29. The van der Waals surface area contributed by atoms with Gasteiger partial charge in [-0.15, -0.1) is 0 Å². The van der Waals surface area contributed by atoms with Crippen molar-refractivity contribution in [2.75, 3.05) is 0 Å². The Morgan fingerprint density at radius 1 is 1.22 bits per heavy atom.